The Morgan fingerprint density at radius 2 is 2.15 bits per heavy atom. The van der Waals surface area contributed by atoms with E-state index in [9.17, 15) is 17.6 Å². The molecule has 0 spiro atoms. The summed E-state index contributed by atoms with van der Waals surface area (Å²) in [5, 5.41) is 8.84. The van der Waals surface area contributed by atoms with Crippen LogP contribution in [0, 0.1) is 5.82 Å². The summed E-state index contributed by atoms with van der Waals surface area (Å²) in [7, 11) is -3.84. The number of carboxylic acid groups (broad SMARTS) is 1. The number of sulfonamides is 1. The molecule has 1 fully saturated rings. The highest BCUT2D eigenvalue weighted by Gasteiger charge is 2.29. The molecular formula is C12H15FN2O4S. The topological polar surface area (TPSA) is 101 Å². The maximum Gasteiger partial charge on any atom is 0.338 e. The molecule has 1 heterocycles. The first-order valence-electron chi connectivity index (χ1n) is 6.11. The van der Waals surface area contributed by atoms with Crippen LogP contribution in [0.2, 0.25) is 0 Å². The Morgan fingerprint density at radius 3 is 2.75 bits per heavy atom. The fourth-order valence-electron chi connectivity index (χ4n) is 2.17. The molecule has 0 amide bonds. The zero-order valence-electron chi connectivity index (χ0n) is 10.6. The van der Waals surface area contributed by atoms with E-state index in [0.29, 0.717) is 13.0 Å². The zero-order chi connectivity index (χ0) is 14.9. The van der Waals surface area contributed by atoms with Crippen molar-refractivity contribution in [1.82, 2.24) is 4.31 Å². The first-order valence-corrected chi connectivity index (χ1v) is 7.55. The van der Waals surface area contributed by atoms with Gasteiger partial charge in [-0.2, -0.15) is 4.31 Å². The van der Waals surface area contributed by atoms with Gasteiger partial charge in [0, 0.05) is 19.1 Å². The van der Waals surface area contributed by atoms with E-state index in [4.69, 9.17) is 10.8 Å². The van der Waals surface area contributed by atoms with Crippen molar-refractivity contribution >= 4 is 16.0 Å². The van der Waals surface area contributed by atoms with Crippen LogP contribution in [0.15, 0.2) is 23.1 Å². The van der Waals surface area contributed by atoms with Crippen LogP contribution in [0.25, 0.3) is 0 Å². The van der Waals surface area contributed by atoms with Gasteiger partial charge < -0.3 is 10.8 Å². The van der Waals surface area contributed by atoms with Gasteiger partial charge in [-0.15, -0.1) is 0 Å². The first kappa shape index (κ1) is 14.9. The van der Waals surface area contributed by atoms with E-state index in [1.165, 1.54) is 4.31 Å². The Morgan fingerprint density at radius 1 is 1.45 bits per heavy atom. The lowest BCUT2D eigenvalue weighted by Gasteiger charge is -2.29. The number of nitrogens with two attached hydrogens (primary N) is 1. The number of piperidine rings is 1. The maximum atomic E-state index is 13.3. The van der Waals surface area contributed by atoms with Gasteiger partial charge in [0.1, 0.15) is 5.82 Å². The van der Waals surface area contributed by atoms with E-state index in [1.54, 1.807) is 0 Å². The molecule has 1 aliphatic heterocycles. The molecule has 0 aromatic heterocycles. The van der Waals surface area contributed by atoms with Crippen LogP contribution in [-0.2, 0) is 10.0 Å². The Bertz CT molecular complexity index is 632. The van der Waals surface area contributed by atoms with Crippen molar-refractivity contribution in [3.63, 3.8) is 0 Å². The molecule has 1 unspecified atom stereocenters. The average Bonchev–Trinajstić information content (AvgIpc) is 2.38. The van der Waals surface area contributed by atoms with Gasteiger partial charge in [-0.25, -0.2) is 17.6 Å². The van der Waals surface area contributed by atoms with E-state index in [-0.39, 0.29) is 17.5 Å². The summed E-state index contributed by atoms with van der Waals surface area (Å²) in [5.41, 5.74) is 5.08. The summed E-state index contributed by atoms with van der Waals surface area (Å²) in [6.07, 6.45) is 1.39. The normalized spacial score (nSPS) is 20.8. The molecule has 1 aromatic rings. The van der Waals surface area contributed by atoms with Gasteiger partial charge in [-0.1, -0.05) is 0 Å². The van der Waals surface area contributed by atoms with E-state index < -0.39 is 27.4 Å². The van der Waals surface area contributed by atoms with Gasteiger partial charge in [-0.05, 0) is 31.0 Å². The fourth-order valence-corrected chi connectivity index (χ4v) is 3.73. The van der Waals surface area contributed by atoms with Crippen LogP contribution in [0.1, 0.15) is 23.2 Å². The molecule has 1 aromatic carbocycles. The largest absolute Gasteiger partial charge is 0.478 e. The summed E-state index contributed by atoms with van der Waals surface area (Å²) >= 11 is 0. The average molecular weight is 302 g/mol. The molecular weight excluding hydrogens is 287 g/mol. The number of hydrogen-bond donors (Lipinski definition) is 2. The Kier molecular flexibility index (Phi) is 4.07. The second-order valence-electron chi connectivity index (χ2n) is 4.71. The minimum absolute atomic E-state index is 0.183. The number of carbonyl (C=O) groups is 1. The number of rotatable bonds is 3. The highest BCUT2D eigenvalue weighted by Crippen LogP contribution is 2.22. The van der Waals surface area contributed by atoms with Gasteiger partial charge in [-0.3, -0.25) is 0 Å². The summed E-state index contributed by atoms with van der Waals surface area (Å²) < 4.78 is 39.3. The van der Waals surface area contributed by atoms with E-state index in [1.807, 2.05) is 0 Å². The number of hydrogen-bond acceptors (Lipinski definition) is 4. The smallest absolute Gasteiger partial charge is 0.338 e. The molecule has 0 radical (unpaired) electrons. The standard InChI is InChI=1S/C12H15FN2O4S/c13-11-4-3-9(6-10(11)12(16)17)20(18,19)15-5-1-2-8(14)7-15/h3-4,6,8H,1-2,5,7,14H2,(H,16,17). The van der Waals surface area contributed by atoms with Crippen LogP contribution in [0.4, 0.5) is 4.39 Å². The molecule has 6 nitrogen and oxygen atoms in total. The third kappa shape index (κ3) is 2.82. The molecule has 20 heavy (non-hydrogen) atoms. The van der Waals surface area contributed by atoms with Crippen molar-refractivity contribution in [2.24, 2.45) is 5.73 Å². The maximum absolute atomic E-state index is 13.3. The quantitative estimate of drug-likeness (QED) is 0.853. The number of aromatic carboxylic acids is 1. The molecule has 0 bridgehead atoms. The van der Waals surface area contributed by atoms with Crippen molar-refractivity contribution in [2.75, 3.05) is 13.1 Å². The van der Waals surface area contributed by atoms with Crippen LogP contribution in [0.3, 0.4) is 0 Å². The van der Waals surface area contributed by atoms with Crippen molar-refractivity contribution in [2.45, 2.75) is 23.8 Å². The highest BCUT2D eigenvalue weighted by atomic mass is 32.2. The van der Waals surface area contributed by atoms with Gasteiger partial charge >= 0.3 is 5.97 Å². The second kappa shape index (κ2) is 5.47. The van der Waals surface area contributed by atoms with Crippen molar-refractivity contribution < 1.29 is 22.7 Å². The molecule has 8 heteroatoms. The van der Waals surface area contributed by atoms with Crippen LogP contribution < -0.4 is 5.73 Å². The van der Waals surface area contributed by atoms with Gasteiger partial charge in [0.15, 0.2) is 0 Å². The van der Waals surface area contributed by atoms with E-state index >= 15 is 0 Å². The van der Waals surface area contributed by atoms with Crippen LogP contribution >= 0.6 is 0 Å². The Labute approximate surface area is 116 Å². The molecule has 0 aliphatic carbocycles. The predicted molar refractivity (Wildman–Crippen MR) is 69.3 cm³/mol. The summed E-state index contributed by atoms with van der Waals surface area (Å²) in [6.45, 7) is 0.512. The van der Waals surface area contributed by atoms with Gasteiger partial charge in [0.25, 0.3) is 0 Å². The molecule has 1 saturated heterocycles. The Balaban J connectivity index is 2.39. The molecule has 2 rings (SSSR count). The molecule has 1 aliphatic rings. The summed E-state index contributed by atoms with van der Waals surface area (Å²) in [4.78, 5) is 10.6. The lowest BCUT2D eigenvalue weighted by molar-refractivity contribution is 0.0691. The summed E-state index contributed by atoms with van der Waals surface area (Å²) in [6, 6.07) is 2.52. The number of benzene rings is 1. The fraction of sp³-hybridized carbons (Fsp3) is 0.417. The third-order valence-corrected chi connectivity index (χ3v) is 5.09. The highest BCUT2D eigenvalue weighted by molar-refractivity contribution is 7.89. The Hall–Kier alpha value is -1.51. The molecule has 1 atom stereocenters. The minimum Gasteiger partial charge on any atom is -0.478 e. The first-order chi connectivity index (χ1) is 9.32. The van der Waals surface area contributed by atoms with Crippen molar-refractivity contribution in [3.8, 4) is 0 Å². The second-order valence-corrected chi connectivity index (χ2v) is 6.65. The predicted octanol–water partition coefficient (Wildman–Crippen LogP) is 0.636. The van der Waals surface area contributed by atoms with Crippen LogP contribution in [-0.4, -0.2) is 42.9 Å². The lowest BCUT2D eigenvalue weighted by Crippen LogP contribution is -2.45. The van der Waals surface area contributed by atoms with Crippen LogP contribution in [0.5, 0.6) is 0 Å². The van der Waals surface area contributed by atoms with Crippen molar-refractivity contribution in [3.05, 3.63) is 29.6 Å². The molecule has 110 valence electrons. The molecule has 0 saturated carbocycles. The molecule has 3 N–H and O–H groups in total. The van der Waals surface area contributed by atoms with Gasteiger partial charge in [0.05, 0.1) is 10.5 Å². The minimum atomic E-state index is -3.84. The number of nitrogens with zero attached hydrogens (tertiary/aromatic N) is 1. The van der Waals surface area contributed by atoms with Crippen molar-refractivity contribution in [1.29, 1.82) is 0 Å². The number of halogens is 1. The zero-order valence-corrected chi connectivity index (χ0v) is 11.4. The van der Waals surface area contributed by atoms with Gasteiger partial charge in [0.2, 0.25) is 10.0 Å². The van der Waals surface area contributed by atoms with E-state index in [2.05, 4.69) is 0 Å². The number of carboxylic acids is 1. The monoisotopic (exact) mass is 302 g/mol. The summed E-state index contributed by atoms with van der Waals surface area (Å²) in [5.74, 6) is -2.47. The van der Waals surface area contributed by atoms with E-state index in [0.717, 1.165) is 24.6 Å². The lowest BCUT2D eigenvalue weighted by atomic mass is 10.1. The SMILES string of the molecule is NC1CCCN(S(=O)(=O)c2ccc(F)c(C(=O)O)c2)C1. The third-order valence-electron chi connectivity index (χ3n) is 3.23.